The van der Waals surface area contributed by atoms with E-state index in [0.29, 0.717) is 0 Å². The third-order valence-corrected chi connectivity index (χ3v) is 0. The predicted molar refractivity (Wildman–Crippen MR) is 45.7 cm³/mol. The van der Waals surface area contributed by atoms with Crippen molar-refractivity contribution in [3.05, 3.63) is 0 Å². The van der Waals surface area contributed by atoms with Gasteiger partial charge in [0.2, 0.25) is 0 Å². The van der Waals surface area contributed by atoms with E-state index in [1.165, 1.54) is 0 Å². The van der Waals surface area contributed by atoms with Crippen molar-refractivity contribution in [3.8, 4) is 0 Å². The summed E-state index contributed by atoms with van der Waals surface area (Å²) in [6.45, 7) is 3.25. The van der Waals surface area contributed by atoms with Gasteiger partial charge in [0.1, 0.15) is 0 Å². The first-order valence-electron chi connectivity index (χ1n) is 2.78. The maximum absolute atomic E-state index is 9.00. The minimum Gasteiger partial charge on any atom is -0.481 e. The standard InChI is InChI=1S/3C2H4O2.Bi/c3*1-2(3)4;/h3*1H3,(H,3,4);. The van der Waals surface area contributed by atoms with Crippen molar-refractivity contribution in [2.24, 2.45) is 0 Å². The number of hydrogen-bond acceptors (Lipinski definition) is 3. The first-order valence-corrected chi connectivity index (χ1v) is 2.78. The van der Waals surface area contributed by atoms with Crippen molar-refractivity contribution in [1.82, 2.24) is 0 Å². The molecule has 0 aliphatic heterocycles. The Hall–Kier alpha value is -0.707. The van der Waals surface area contributed by atoms with Gasteiger partial charge in [0.05, 0.1) is 0 Å². The van der Waals surface area contributed by atoms with Crippen LogP contribution in [0.3, 0.4) is 0 Å². The number of rotatable bonds is 0. The molecular weight excluding hydrogens is 377 g/mol. The Labute approximate surface area is 94.7 Å². The smallest absolute Gasteiger partial charge is 0.300 e. The molecule has 0 saturated carbocycles. The summed E-state index contributed by atoms with van der Waals surface area (Å²) in [4.78, 5) is 27.0. The van der Waals surface area contributed by atoms with Crippen molar-refractivity contribution < 1.29 is 29.7 Å². The molecule has 0 unspecified atom stereocenters. The molecule has 13 heavy (non-hydrogen) atoms. The Balaban J connectivity index is -0.0000000450. The van der Waals surface area contributed by atoms with Gasteiger partial charge in [0, 0.05) is 47.0 Å². The summed E-state index contributed by atoms with van der Waals surface area (Å²) in [5, 5.41) is 22.2. The van der Waals surface area contributed by atoms with E-state index in [1.807, 2.05) is 0 Å². The van der Waals surface area contributed by atoms with Crippen LogP contribution < -0.4 is 0 Å². The van der Waals surface area contributed by atoms with Gasteiger partial charge < -0.3 is 15.3 Å². The molecule has 0 amide bonds. The molecule has 0 rings (SSSR count). The fourth-order valence-electron chi connectivity index (χ4n) is 0. The molecule has 0 aromatic rings. The zero-order valence-corrected chi connectivity index (χ0v) is 11.0. The van der Waals surface area contributed by atoms with Gasteiger partial charge in [-0.3, -0.25) is 14.4 Å². The third kappa shape index (κ3) is 1950. The van der Waals surface area contributed by atoms with Crippen molar-refractivity contribution in [3.63, 3.8) is 0 Å². The zero-order chi connectivity index (χ0) is 10.7. The molecule has 0 aliphatic carbocycles. The minimum absolute atomic E-state index is 0. The summed E-state index contributed by atoms with van der Waals surface area (Å²) in [6.07, 6.45) is 0. The third-order valence-electron chi connectivity index (χ3n) is 0. The summed E-state index contributed by atoms with van der Waals surface area (Å²) in [5.74, 6) is -2.50. The second-order valence-electron chi connectivity index (χ2n) is 1.56. The van der Waals surface area contributed by atoms with E-state index in [2.05, 4.69) is 0 Å². The molecule has 0 spiro atoms. The summed E-state index contributed by atoms with van der Waals surface area (Å²) < 4.78 is 0. The number of carboxylic acid groups (broad SMARTS) is 3. The summed E-state index contributed by atoms with van der Waals surface area (Å²) in [6, 6.07) is 0. The van der Waals surface area contributed by atoms with Crippen LogP contribution in [0.2, 0.25) is 0 Å². The van der Waals surface area contributed by atoms with E-state index >= 15 is 0 Å². The van der Waals surface area contributed by atoms with Crippen LogP contribution in [0.25, 0.3) is 0 Å². The average Bonchev–Trinajstić information content (AvgIpc) is 1.54. The molecule has 7 heteroatoms. The first kappa shape index (κ1) is 22.8. The van der Waals surface area contributed by atoms with Gasteiger partial charge in [-0.2, -0.15) is 0 Å². The molecule has 0 fully saturated rings. The Bertz CT molecular complexity index is 115. The quantitative estimate of drug-likeness (QED) is 0.499. The molecule has 0 bridgehead atoms. The van der Waals surface area contributed by atoms with E-state index in [1.54, 1.807) is 0 Å². The van der Waals surface area contributed by atoms with Crippen LogP contribution in [0.5, 0.6) is 0 Å². The molecule has 6 nitrogen and oxygen atoms in total. The van der Waals surface area contributed by atoms with Crippen LogP contribution >= 0.6 is 0 Å². The van der Waals surface area contributed by atoms with Crippen molar-refractivity contribution in [2.75, 3.05) is 0 Å². The van der Waals surface area contributed by atoms with E-state index in [-0.39, 0.29) is 26.2 Å². The second kappa shape index (κ2) is 17.4. The molecule has 0 aliphatic rings. The normalized spacial score (nSPS) is 5.77. The predicted octanol–water partition coefficient (Wildman–Crippen LogP) is -0.108. The Kier molecular flexibility index (Phi) is 30.5. The second-order valence-corrected chi connectivity index (χ2v) is 1.56. The molecule has 0 atom stereocenters. The van der Waals surface area contributed by atoms with Crippen LogP contribution in [-0.4, -0.2) is 59.4 Å². The molecule has 3 N–H and O–H groups in total. The SMILES string of the molecule is CC(=O)O.CC(=O)O.CC(=O)O.[Bi]. The molecule has 3 radical (unpaired) electrons. The molecule has 0 heterocycles. The number of hydrogen-bond donors (Lipinski definition) is 3. The van der Waals surface area contributed by atoms with Gasteiger partial charge in [-0.25, -0.2) is 0 Å². The van der Waals surface area contributed by atoms with Gasteiger partial charge >= 0.3 is 0 Å². The Morgan fingerprint density at radius 3 is 0.692 bits per heavy atom. The van der Waals surface area contributed by atoms with Crippen LogP contribution in [0.4, 0.5) is 0 Å². The van der Waals surface area contributed by atoms with E-state index in [0.717, 1.165) is 20.8 Å². The molecule has 0 aromatic heterocycles. The number of carbonyl (C=O) groups is 3. The van der Waals surface area contributed by atoms with Gasteiger partial charge in [-0.15, -0.1) is 0 Å². The first-order chi connectivity index (χ1) is 5.20. The molecule has 0 aromatic carbocycles. The number of aliphatic carboxylic acids is 3. The van der Waals surface area contributed by atoms with Gasteiger partial charge in [0.25, 0.3) is 17.9 Å². The zero-order valence-electron chi connectivity index (χ0n) is 7.51. The van der Waals surface area contributed by atoms with Gasteiger partial charge in [-0.1, -0.05) is 0 Å². The van der Waals surface area contributed by atoms with Crippen LogP contribution in [0.1, 0.15) is 20.8 Å². The largest absolute Gasteiger partial charge is 0.481 e. The Morgan fingerprint density at radius 2 is 0.692 bits per heavy atom. The molecule has 0 saturated heterocycles. The topological polar surface area (TPSA) is 112 Å². The van der Waals surface area contributed by atoms with Crippen LogP contribution in [-0.2, 0) is 14.4 Å². The van der Waals surface area contributed by atoms with Crippen LogP contribution in [0, 0.1) is 0 Å². The van der Waals surface area contributed by atoms with Gasteiger partial charge in [0.15, 0.2) is 0 Å². The van der Waals surface area contributed by atoms with Gasteiger partial charge in [-0.05, 0) is 0 Å². The maximum Gasteiger partial charge on any atom is 0.300 e. The fraction of sp³-hybridized carbons (Fsp3) is 0.500. The van der Waals surface area contributed by atoms with Crippen molar-refractivity contribution in [1.29, 1.82) is 0 Å². The molecule has 77 valence electrons. The molecular formula is C6H12BiO6. The van der Waals surface area contributed by atoms with Crippen molar-refractivity contribution >= 4 is 44.1 Å². The minimum atomic E-state index is -0.833. The average molecular weight is 389 g/mol. The van der Waals surface area contributed by atoms with Crippen molar-refractivity contribution in [2.45, 2.75) is 20.8 Å². The summed E-state index contributed by atoms with van der Waals surface area (Å²) >= 11 is 0. The monoisotopic (exact) mass is 389 g/mol. The van der Waals surface area contributed by atoms with E-state index < -0.39 is 17.9 Å². The Morgan fingerprint density at radius 1 is 0.692 bits per heavy atom. The summed E-state index contributed by atoms with van der Waals surface area (Å²) in [7, 11) is 0. The fourth-order valence-corrected chi connectivity index (χ4v) is 0. The summed E-state index contributed by atoms with van der Waals surface area (Å²) in [5.41, 5.74) is 0. The maximum atomic E-state index is 9.00. The van der Waals surface area contributed by atoms with E-state index in [9.17, 15) is 0 Å². The van der Waals surface area contributed by atoms with Crippen LogP contribution in [0.15, 0.2) is 0 Å². The van der Waals surface area contributed by atoms with E-state index in [4.69, 9.17) is 29.7 Å². The number of carboxylic acids is 3.